The van der Waals surface area contributed by atoms with Gasteiger partial charge in [0.2, 0.25) is 0 Å². The fourth-order valence-electron chi connectivity index (χ4n) is 4.11. The normalized spacial score (nSPS) is 12.6. The Morgan fingerprint density at radius 2 is 1.75 bits per heavy atom. The lowest BCUT2D eigenvalue weighted by Gasteiger charge is -2.27. The summed E-state index contributed by atoms with van der Waals surface area (Å²) in [5.41, 5.74) is 2.00. The van der Waals surface area contributed by atoms with Gasteiger partial charge in [0.25, 0.3) is 17.7 Å². The van der Waals surface area contributed by atoms with E-state index in [1.807, 2.05) is 12.1 Å². The summed E-state index contributed by atoms with van der Waals surface area (Å²) in [6.07, 6.45) is 1.46. The smallest absolute Gasteiger partial charge is 0.338 e. The average Bonchev–Trinajstić information content (AvgIpc) is 3.46. The number of fused-ring (bicyclic) bond motifs is 1. The van der Waals surface area contributed by atoms with Gasteiger partial charge < -0.3 is 19.4 Å². The van der Waals surface area contributed by atoms with Crippen LogP contribution in [-0.2, 0) is 16.1 Å². The predicted octanol–water partition coefficient (Wildman–Crippen LogP) is 4.11. The Labute approximate surface area is 208 Å². The van der Waals surface area contributed by atoms with E-state index < -0.39 is 30.3 Å². The van der Waals surface area contributed by atoms with E-state index in [4.69, 9.17) is 9.15 Å². The molecule has 1 N–H and O–H groups in total. The monoisotopic (exact) mass is 489 g/mol. The van der Waals surface area contributed by atoms with Gasteiger partial charge in [0.1, 0.15) is 5.76 Å². The van der Waals surface area contributed by atoms with Gasteiger partial charge in [-0.1, -0.05) is 0 Å². The minimum absolute atomic E-state index is 0.00573. The molecule has 1 aliphatic rings. The number of furan rings is 1. The SMILES string of the molecule is CCN(c1ccc(NC(=O)COC(=O)c2ccc3c(c2)C(=O)N(Cc2ccco2)C3=O)cc1)C(C)C. The van der Waals surface area contributed by atoms with Crippen molar-refractivity contribution in [2.24, 2.45) is 0 Å². The second-order valence-electron chi connectivity index (χ2n) is 8.59. The molecule has 9 heteroatoms. The fraction of sp³-hybridized carbons (Fsp3) is 0.259. The minimum atomic E-state index is -0.774. The van der Waals surface area contributed by atoms with Crippen LogP contribution in [0.1, 0.15) is 57.6 Å². The zero-order chi connectivity index (χ0) is 25.8. The Morgan fingerprint density at radius 3 is 2.39 bits per heavy atom. The molecule has 36 heavy (non-hydrogen) atoms. The van der Waals surface area contributed by atoms with Crippen LogP contribution in [0, 0.1) is 0 Å². The maximum atomic E-state index is 12.7. The molecule has 0 fully saturated rings. The number of carbonyl (C=O) groups is 4. The van der Waals surface area contributed by atoms with E-state index in [0.717, 1.165) is 17.1 Å². The van der Waals surface area contributed by atoms with Crippen molar-refractivity contribution >= 4 is 35.1 Å². The van der Waals surface area contributed by atoms with Crippen molar-refractivity contribution in [2.75, 3.05) is 23.4 Å². The summed E-state index contributed by atoms with van der Waals surface area (Å²) >= 11 is 0. The summed E-state index contributed by atoms with van der Waals surface area (Å²) in [5.74, 6) is -1.80. The maximum Gasteiger partial charge on any atom is 0.338 e. The highest BCUT2D eigenvalue weighted by Crippen LogP contribution is 2.26. The van der Waals surface area contributed by atoms with Gasteiger partial charge in [0.05, 0.1) is 29.5 Å². The third kappa shape index (κ3) is 5.14. The lowest BCUT2D eigenvalue weighted by Crippen LogP contribution is -2.30. The van der Waals surface area contributed by atoms with Gasteiger partial charge in [-0.2, -0.15) is 0 Å². The average molecular weight is 490 g/mol. The summed E-state index contributed by atoms with van der Waals surface area (Å²) in [4.78, 5) is 53.4. The van der Waals surface area contributed by atoms with Gasteiger partial charge in [-0.15, -0.1) is 0 Å². The number of benzene rings is 2. The van der Waals surface area contributed by atoms with Gasteiger partial charge in [-0.05, 0) is 75.4 Å². The van der Waals surface area contributed by atoms with Gasteiger partial charge in [-0.25, -0.2) is 4.79 Å². The number of imide groups is 1. The van der Waals surface area contributed by atoms with Gasteiger partial charge >= 0.3 is 5.97 Å². The predicted molar refractivity (Wildman–Crippen MR) is 133 cm³/mol. The molecular formula is C27H27N3O6. The highest BCUT2D eigenvalue weighted by molar-refractivity contribution is 6.21. The van der Waals surface area contributed by atoms with Crippen molar-refractivity contribution in [1.29, 1.82) is 0 Å². The molecule has 3 amide bonds. The van der Waals surface area contributed by atoms with Crippen molar-refractivity contribution in [1.82, 2.24) is 4.90 Å². The van der Waals surface area contributed by atoms with Crippen LogP contribution in [0.3, 0.4) is 0 Å². The van der Waals surface area contributed by atoms with E-state index >= 15 is 0 Å². The van der Waals surface area contributed by atoms with Crippen LogP contribution in [-0.4, -0.2) is 47.8 Å². The summed E-state index contributed by atoms with van der Waals surface area (Å²) in [7, 11) is 0. The first-order valence-electron chi connectivity index (χ1n) is 11.6. The van der Waals surface area contributed by atoms with Crippen LogP contribution < -0.4 is 10.2 Å². The Hall–Kier alpha value is -4.40. The summed E-state index contributed by atoms with van der Waals surface area (Å²) < 4.78 is 10.3. The number of anilines is 2. The molecular weight excluding hydrogens is 462 g/mol. The molecule has 0 unspecified atom stereocenters. The highest BCUT2D eigenvalue weighted by Gasteiger charge is 2.36. The van der Waals surface area contributed by atoms with E-state index in [2.05, 4.69) is 31.0 Å². The molecule has 0 saturated heterocycles. The molecule has 9 nitrogen and oxygen atoms in total. The lowest BCUT2D eigenvalue weighted by molar-refractivity contribution is -0.119. The molecule has 186 valence electrons. The fourth-order valence-corrected chi connectivity index (χ4v) is 4.11. The molecule has 2 heterocycles. The Bertz CT molecular complexity index is 1280. The summed E-state index contributed by atoms with van der Waals surface area (Å²) in [5, 5.41) is 2.69. The molecule has 0 bridgehead atoms. The number of hydrogen-bond acceptors (Lipinski definition) is 7. The molecule has 1 aromatic heterocycles. The largest absolute Gasteiger partial charge is 0.467 e. The zero-order valence-electron chi connectivity index (χ0n) is 20.3. The van der Waals surface area contributed by atoms with Crippen LogP contribution in [0.2, 0.25) is 0 Å². The van der Waals surface area contributed by atoms with E-state index in [-0.39, 0.29) is 23.2 Å². The maximum absolute atomic E-state index is 12.7. The molecule has 0 spiro atoms. The second kappa shape index (κ2) is 10.5. The van der Waals surface area contributed by atoms with E-state index in [1.54, 1.807) is 24.3 Å². The number of amides is 3. The molecule has 0 radical (unpaired) electrons. The third-order valence-corrected chi connectivity index (χ3v) is 5.88. The molecule has 0 aliphatic carbocycles. The molecule has 2 aromatic carbocycles. The second-order valence-corrected chi connectivity index (χ2v) is 8.59. The Kier molecular flexibility index (Phi) is 7.19. The number of hydrogen-bond donors (Lipinski definition) is 1. The Morgan fingerprint density at radius 1 is 1.03 bits per heavy atom. The number of esters is 1. The van der Waals surface area contributed by atoms with E-state index in [0.29, 0.717) is 17.5 Å². The highest BCUT2D eigenvalue weighted by atomic mass is 16.5. The van der Waals surface area contributed by atoms with Crippen molar-refractivity contribution in [3.63, 3.8) is 0 Å². The number of nitrogens with zero attached hydrogens (tertiary/aromatic N) is 2. The third-order valence-electron chi connectivity index (χ3n) is 5.88. The first-order chi connectivity index (χ1) is 17.3. The molecule has 3 aromatic rings. The van der Waals surface area contributed by atoms with Crippen molar-refractivity contribution in [3.05, 3.63) is 83.3 Å². The lowest BCUT2D eigenvalue weighted by atomic mass is 10.1. The van der Waals surface area contributed by atoms with Crippen LogP contribution >= 0.6 is 0 Å². The minimum Gasteiger partial charge on any atom is -0.467 e. The molecule has 1 aliphatic heterocycles. The zero-order valence-corrected chi connectivity index (χ0v) is 20.3. The summed E-state index contributed by atoms with van der Waals surface area (Å²) in [6, 6.07) is 15.2. The van der Waals surface area contributed by atoms with Crippen molar-refractivity contribution in [3.8, 4) is 0 Å². The number of ether oxygens (including phenoxy) is 1. The number of carbonyl (C=O) groups excluding carboxylic acids is 4. The van der Waals surface area contributed by atoms with Crippen molar-refractivity contribution in [2.45, 2.75) is 33.4 Å². The molecule has 4 rings (SSSR count). The standard InChI is InChI=1S/C27H27N3O6/c1-4-29(17(2)3)20-10-8-19(9-11-20)28-24(31)16-36-27(34)18-7-12-22-23(14-18)26(33)30(25(22)32)15-21-6-5-13-35-21/h5-14,17H,4,15-16H2,1-3H3,(H,28,31). The van der Waals surface area contributed by atoms with Crippen LogP contribution in [0.5, 0.6) is 0 Å². The van der Waals surface area contributed by atoms with E-state index in [1.165, 1.54) is 24.5 Å². The first kappa shape index (κ1) is 24.7. The first-order valence-corrected chi connectivity index (χ1v) is 11.6. The van der Waals surface area contributed by atoms with E-state index in [9.17, 15) is 19.2 Å². The molecule has 0 saturated carbocycles. The van der Waals surface area contributed by atoms with Gasteiger partial charge in [-0.3, -0.25) is 19.3 Å². The van der Waals surface area contributed by atoms with Crippen LogP contribution in [0.25, 0.3) is 0 Å². The number of nitrogens with one attached hydrogen (secondary N) is 1. The summed E-state index contributed by atoms with van der Waals surface area (Å²) in [6.45, 7) is 6.66. The Balaban J connectivity index is 1.34. The van der Waals surface area contributed by atoms with Crippen LogP contribution in [0.4, 0.5) is 11.4 Å². The molecule has 0 atom stereocenters. The van der Waals surface area contributed by atoms with Crippen LogP contribution in [0.15, 0.2) is 65.3 Å². The number of rotatable bonds is 9. The van der Waals surface area contributed by atoms with Gasteiger partial charge in [0.15, 0.2) is 6.61 Å². The topological polar surface area (TPSA) is 109 Å². The quantitative estimate of drug-likeness (QED) is 0.356. The van der Waals surface area contributed by atoms with Crippen molar-refractivity contribution < 1.29 is 28.3 Å². The van der Waals surface area contributed by atoms with Gasteiger partial charge in [0, 0.05) is 24.0 Å².